The van der Waals surface area contributed by atoms with E-state index in [1.54, 1.807) is 5.38 Å². The van der Waals surface area contributed by atoms with Gasteiger partial charge in [-0.2, -0.15) is 0 Å². The Morgan fingerprint density at radius 2 is 2.21 bits per heavy atom. The first-order chi connectivity index (χ1) is 9.04. The molecule has 0 bridgehead atoms. The van der Waals surface area contributed by atoms with Crippen molar-refractivity contribution < 1.29 is 30.0 Å². The van der Waals surface area contributed by atoms with E-state index in [0.717, 1.165) is 0 Å². The molecule has 1 aromatic rings. The van der Waals surface area contributed by atoms with Crippen molar-refractivity contribution in [1.29, 1.82) is 0 Å². The second kappa shape index (κ2) is 5.80. The standard InChI is InChI=1S/C10H14N2O6S/c13-3-4-6(14)7(15)5(9(16)17)8(18-4)12-10-11-1-2-19-10/h1-2,4-8,13-15H,3H2,(H,11,12)(H,16,17)/t4-,5?,6-,7-,8?/m1/s1. The molecule has 0 amide bonds. The van der Waals surface area contributed by atoms with E-state index in [1.165, 1.54) is 17.5 Å². The third-order valence-electron chi connectivity index (χ3n) is 2.91. The maximum Gasteiger partial charge on any atom is 0.313 e. The van der Waals surface area contributed by atoms with Gasteiger partial charge in [0.25, 0.3) is 0 Å². The summed E-state index contributed by atoms with van der Waals surface area (Å²) in [5.41, 5.74) is 0. The maximum absolute atomic E-state index is 11.2. The Morgan fingerprint density at radius 1 is 1.47 bits per heavy atom. The summed E-state index contributed by atoms with van der Waals surface area (Å²) in [6, 6.07) is 0. The van der Waals surface area contributed by atoms with Crippen molar-refractivity contribution in [2.24, 2.45) is 5.92 Å². The number of ether oxygens (including phenoxy) is 1. The number of aliphatic hydroxyl groups excluding tert-OH is 3. The fourth-order valence-electron chi connectivity index (χ4n) is 1.93. The predicted molar refractivity (Wildman–Crippen MR) is 64.6 cm³/mol. The van der Waals surface area contributed by atoms with Gasteiger partial charge in [0, 0.05) is 11.6 Å². The van der Waals surface area contributed by atoms with E-state index in [1.807, 2.05) is 0 Å². The summed E-state index contributed by atoms with van der Waals surface area (Å²) in [6.45, 7) is -0.527. The molecular weight excluding hydrogens is 276 g/mol. The third kappa shape index (κ3) is 2.85. The first-order valence-electron chi connectivity index (χ1n) is 5.56. The Kier molecular flexibility index (Phi) is 4.32. The van der Waals surface area contributed by atoms with E-state index >= 15 is 0 Å². The van der Waals surface area contributed by atoms with Crippen LogP contribution in [0.4, 0.5) is 5.13 Å². The fourth-order valence-corrected chi connectivity index (χ4v) is 2.49. The van der Waals surface area contributed by atoms with E-state index in [2.05, 4.69) is 10.3 Å². The van der Waals surface area contributed by atoms with Crippen LogP contribution in [-0.4, -0.2) is 62.5 Å². The summed E-state index contributed by atoms with van der Waals surface area (Å²) < 4.78 is 5.28. The minimum atomic E-state index is -1.54. The summed E-state index contributed by atoms with van der Waals surface area (Å²) in [6.07, 6.45) is -3.61. The van der Waals surface area contributed by atoms with Gasteiger partial charge in [-0.25, -0.2) is 4.98 Å². The predicted octanol–water partition coefficient (Wildman–Crippen LogP) is -1.31. The van der Waals surface area contributed by atoms with Crippen LogP contribution in [0.1, 0.15) is 0 Å². The largest absolute Gasteiger partial charge is 0.481 e. The van der Waals surface area contributed by atoms with Crippen LogP contribution in [0.25, 0.3) is 0 Å². The quantitative estimate of drug-likeness (QED) is 0.462. The number of nitrogens with zero attached hydrogens (tertiary/aromatic N) is 1. The molecule has 5 atom stereocenters. The minimum Gasteiger partial charge on any atom is -0.481 e. The van der Waals surface area contributed by atoms with Gasteiger partial charge in [0.1, 0.15) is 30.5 Å². The number of aliphatic carboxylic acids is 1. The van der Waals surface area contributed by atoms with Crippen LogP contribution >= 0.6 is 11.3 Å². The van der Waals surface area contributed by atoms with Crippen molar-refractivity contribution in [2.45, 2.75) is 24.5 Å². The summed E-state index contributed by atoms with van der Waals surface area (Å²) in [5.74, 6) is -2.67. The van der Waals surface area contributed by atoms with Crippen LogP contribution < -0.4 is 5.32 Å². The second-order valence-corrected chi connectivity index (χ2v) is 5.00. The van der Waals surface area contributed by atoms with Crippen molar-refractivity contribution >= 4 is 22.4 Å². The monoisotopic (exact) mass is 290 g/mol. The Hall–Kier alpha value is -1.26. The van der Waals surface area contributed by atoms with E-state index in [4.69, 9.17) is 14.9 Å². The highest BCUT2D eigenvalue weighted by Gasteiger charge is 2.48. The van der Waals surface area contributed by atoms with Gasteiger partial charge in [-0.05, 0) is 0 Å². The molecule has 106 valence electrons. The number of thiazole rings is 1. The first kappa shape index (κ1) is 14.2. The van der Waals surface area contributed by atoms with Gasteiger partial charge < -0.3 is 30.5 Å². The lowest BCUT2D eigenvalue weighted by Gasteiger charge is -2.40. The van der Waals surface area contributed by atoms with Gasteiger partial charge in [0.05, 0.1) is 6.61 Å². The SMILES string of the molecule is O=C(O)C1C(Nc2nccs2)O[C@H](CO)[C@@H](O)[C@@H]1O. The lowest BCUT2D eigenvalue weighted by atomic mass is 9.90. The van der Waals surface area contributed by atoms with E-state index in [0.29, 0.717) is 5.13 Å². The Bertz CT molecular complexity index is 428. The lowest BCUT2D eigenvalue weighted by Crippen LogP contribution is -2.59. The Morgan fingerprint density at radius 3 is 2.74 bits per heavy atom. The topological polar surface area (TPSA) is 132 Å². The van der Waals surface area contributed by atoms with Crippen LogP contribution in [0.15, 0.2) is 11.6 Å². The molecule has 0 saturated carbocycles. The Balaban J connectivity index is 2.19. The number of aromatic nitrogens is 1. The summed E-state index contributed by atoms with van der Waals surface area (Å²) in [4.78, 5) is 15.1. The summed E-state index contributed by atoms with van der Waals surface area (Å²) in [5, 5.41) is 42.5. The van der Waals surface area contributed by atoms with Crippen LogP contribution in [0.2, 0.25) is 0 Å². The van der Waals surface area contributed by atoms with E-state index in [-0.39, 0.29) is 0 Å². The number of anilines is 1. The molecule has 0 spiro atoms. The molecule has 2 rings (SSSR count). The summed E-state index contributed by atoms with van der Waals surface area (Å²) in [7, 11) is 0. The highest BCUT2D eigenvalue weighted by Crippen LogP contribution is 2.28. The summed E-state index contributed by atoms with van der Waals surface area (Å²) >= 11 is 1.24. The van der Waals surface area contributed by atoms with Crippen LogP contribution in [0.5, 0.6) is 0 Å². The third-order valence-corrected chi connectivity index (χ3v) is 3.61. The van der Waals surface area contributed by atoms with Crippen molar-refractivity contribution in [3.63, 3.8) is 0 Å². The number of carboxylic acids is 1. The average Bonchev–Trinajstić information content (AvgIpc) is 2.86. The smallest absolute Gasteiger partial charge is 0.313 e. The van der Waals surface area contributed by atoms with Gasteiger partial charge >= 0.3 is 5.97 Å². The molecular formula is C10H14N2O6S. The number of rotatable bonds is 4. The molecule has 1 fully saturated rings. The van der Waals surface area contributed by atoms with Gasteiger partial charge in [-0.1, -0.05) is 0 Å². The van der Waals surface area contributed by atoms with Gasteiger partial charge in [-0.15, -0.1) is 11.3 Å². The maximum atomic E-state index is 11.2. The number of carboxylic acid groups (broad SMARTS) is 1. The zero-order chi connectivity index (χ0) is 14.0. The molecule has 9 heteroatoms. The first-order valence-corrected chi connectivity index (χ1v) is 6.44. The van der Waals surface area contributed by atoms with Gasteiger partial charge in [0.15, 0.2) is 5.13 Å². The number of carbonyl (C=O) groups is 1. The van der Waals surface area contributed by atoms with Crippen molar-refractivity contribution in [2.75, 3.05) is 11.9 Å². The molecule has 2 heterocycles. The highest BCUT2D eigenvalue weighted by atomic mass is 32.1. The van der Waals surface area contributed by atoms with Crippen LogP contribution in [-0.2, 0) is 9.53 Å². The highest BCUT2D eigenvalue weighted by molar-refractivity contribution is 7.13. The number of hydrogen-bond acceptors (Lipinski definition) is 8. The molecule has 1 saturated heterocycles. The molecule has 1 aromatic heterocycles. The molecule has 8 nitrogen and oxygen atoms in total. The van der Waals surface area contributed by atoms with Gasteiger partial charge in [-0.3, -0.25) is 4.79 Å². The molecule has 1 aliphatic rings. The number of aliphatic hydroxyl groups is 3. The van der Waals surface area contributed by atoms with Crippen molar-refractivity contribution in [3.05, 3.63) is 11.6 Å². The van der Waals surface area contributed by atoms with Crippen LogP contribution in [0.3, 0.4) is 0 Å². The van der Waals surface area contributed by atoms with Gasteiger partial charge in [0.2, 0.25) is 0 Å². The molecule has 1 aliphatic heterocycles. The fraction of sp³-hybridized carbons (Fsp3) is 0.600. The average molecular weight is 290 g/mol. The molecule has 0 radical (unpaired) electrons. The number of hydrogen-bond donors (Lipinski definition) is 5. The Labute approximate surface area is 112 Å². The minimum absolute atomic E-state index is 0.427. The molecule has 0 aliphatic carbocycles. The van der Waals surface area contributed by atoms with E-state index < -0.39 is 43.0 Å². The molecule has 2 unspecified atom stereocenters. The normalized spacial score (nSPS) is 35.0. The molecule has 19 heavy (non-hydrogen) atoms. The lowest BCUT2D eigenvalue weighted by molar-refractivity contribution is -0.210. The second-order valence-electron chi connectivity index (χ2n) is 4.10. The van der Waals surface area contributed by atoms with E-state index in [9.17, 15) is 15.0 Å². The molecule has 5 N–H and O–H groups in total. The zero-order valence-electron chi connectivity index (χ0n) is 9.71. The number of nitrogens with one attached hydrogen (secondary N) is 1. The van der Waals surface area contributed by atoms with Crippen molar-refractivity contribution in [1.82, 2.24) is 4.98 Å². The van der Waals surface area contributed by atoms with Crippen molar-refractivity contribution in [3.8, 4) is 0 Å². The van der Waals surface area contributed by atoms with Crippen LogP contribution in [0, 0.1) is 5.92 Å². The molecule has 0 aromatic carbocycles. The zero-order valence-corrected chi connectivity index (χ0v) is 10.5.